The third-order valence-electron chi connectivity index (χ3n) is 3.87. The monoisotopic (exact) mass is 316 g/mol. The van der Waals surface area contributed by atoms with Gasteiger partial charge in [0.15, 0.2) is 0 Å². The van der Waals surface area contributed by atoms with Crippen LogP contribution in [0.25, 0.3) is 0 Å². The van der Waals surface area contributed by atoms with Crippen LogP contribution in [0.3, 0.4) is 0 Å². The van der Waals surface area contributed by atoms with Crippen molar-refractivity contribution >= 4 is 17.6 Å². The van der Waals surface area contributed by atoms with Crippen LogP contribution < -0.4 is 10.2 Å². The molecule has 1 atom stereocenters. The first-order valence-electron chi connectivity index (χ1n) is 7.45. The van der Waals surface area contributed by atoms with Gasteiger partial charge in [-0.15, -0.1) is 0 Å². The molecule has 2 N–H and O–H groups in total. The van der Waals surface area contributed by atoms with E-state index in [-0.39, 0.29) is 11.6 Å². The van der Waals surface area contributed by atoms with Crippen LogP contribution in [-0.2, 0) is 0 Å². The number of hydrogen-bond donors (Lipinski definition) is 2. The molecular weight excluding hydrogens is 299 g/mol. The van der Waals surface area contributed by atoms with Crippen molar-refractivity contribution in [1.29, 1.82) is 0 Å². The van der Waals surface area contributed by atoms with Crippen LogP contribution in [0.1, 0.15) is 23.2 Å². The Labute approximate surface area is 133 Å². The average molecular weight is 316 g/mol. The smallest absolute Gasteiger partial charge is 0.338 e. The number of aromatic carboxylic acids is 1. The van der Waals surface area contributed by atoms with Gasteiger partial charge in [-0.3, -0.25) is 0 Å². The van der Waals surface area contributed by atoms with E-state index in [0.717, 1.165) is 19.4 Å². The van der Waals surface area contributed by atoms with Crippen LogP contribution in [0.5, 0.6) is 0 Å². The number of aromatic nitrogens is 2. The average Bonchev–Trinajstić information content (AvgIpc) is 2.55. The van der Waals surface area contributed by atoms with Gasteiger partial charge in [0.2, 0.25) is 5.95 Å². The first-order valence-corrected chi connectivity index (χ1v) is 7.45. The van der Waals surface area contributed by atoms with Crippen molar-refractivity contribution in [3.63, 3.8) is 0 Å². The highest BCUT2D eigenvalue weighted by molar-refractivity contribution is 5.88. The Kier molecular flexibility index (Phi) is 4.36. The zero-order valence-corrected chi connectivity index (χ0v) is 12.4. The Morgan fingerprint density at radius 3 is 2.83 bits per heavy atom. The van der Waals surface area contributed by atoms with E-state index in [1.165, 1.54) is 12.1 Å². The number of piperidine rings is 1. The highest BCUT2D eigenvalue weighted by Crippen LogP contribution is 2.23. The van der Waals surface area contributed by atoms with Crippen LogP contribution in [0.15, 0.2) is 36.7 Å². The fourth-order valence-corrected chi connectivity index (χ4v) is 2.76. The summed E-state index contributed by atoms with van der Waals surface area (Å²) in [5, 5.41) is 12.2. The van der Waals surface area contributed by atoms with E-state index in [0.29, 0.717) is 18.2 Å². The Bertz CT molecular complexity index is 696. The summed E-state index contributed by atoms with van der Waals surface area (Å²) < 4.78 is 13.9. The maximum absolute atomic E-state index is 13.9. The van der Waals surface area contributed by atoms with Crippen molar-refractivity contribution in [1.82, 2.24) is 9.97 Å². The van der Waals surface area contributed by atoms with Crippen molar-refractivity contribution in [2.45, 2.75) is 18.9 Å². The van der Waals surface area contributed by atoms with Crippen LogP contribution in [0, 0.1) is 5.82 Å². The van der Waals surface area contributed by atoms with Gasteiger partial charge in [0.05, 0.1) is 5.56 Å². The molecule has 23 heavy (non-hydrogen) atoms. The van der Waals surface area contributed by atoms with Gasteiger partial charge in [-0.2, -0.15) is 0 Å². The van der Waals surface area contributed by atoms with Gasteiger partial charge in [-0.05, 0) is 37.1 Å². The number of nitrogens with one attached hydrogen (secondary N) is 1. The Morgan fingerprint density at radius 2 is 2.13 bits per heavy atom. The highest BCUT2D eigenvalue weighted by Gasteiger charge is 2.22. The summed E-state index contributed by atoms with van der Waals surface area (Å²) in [6, 6.07) is 6.15. The van der Waals surface area contributed by atoms with Gasteiger partial charge in [0, 0.05) is 37.2 Å². The van der Waals surface area contributed by atoms with E-state index < -0.39 is 11.8 Å². The minimum Gasteiger partial charge on any atom is -0.478 e. The summed E-state index contributed by atoms with van der Waals surface area (Å²) in [6.45, 7) is 1.49. The number of carbonyl (C=O) groups is 1. The first kappa shape index (κ1) is 15.2. The maximum atomic E-state index is 13.9. The van der Waals surface area contributed by atoms with E-state index in [1.807, 2.05) is 4.90 Å². The molecule has 0 aliphatic carbocycles. The van der Waals surface area contributed by atoms with Crippen molar-refractivity contribution in [3.05, 3.63) is 48.0 Å². The quantitative estimate of drug-likeness (QED) is 0.902. The predicted octanol–water partition coefficient (Wildman–Crippen LogP) is 2.39. The molecule has 1 fully saturated rings. The van der Waals surface area contributed by atoms with Crippen LogP contribution in [-0.4, -0.2) is 40.2 Å². The molecule has 1 aliphatic rings. The van der Waals surface area contributed by atoms with E-state index in [4.69, 9.17) is 5.11 Å². The lowest BCUT2D eigenvalue weighted by Crippen LogP contribution is -2.42. The summed E-state index contributed by atoms with van der Waals surface area (Å²) in [6.07, 6.45) is 5.28. The van der Waals surface area contributed by atoms with Gasteiger partial charge in [0.25, 0.3) is 0 Å². The number of rotatable bonds is 4. The fourth-order valence-electron chi connectivity index (χ4n) is 2.76. The molecular formula is C16H17FN4O2. The Morgan fingerprint density at radius 1 is 1.35 bits per heavy atom. The topological polar surface area (TPSA) is 78.4 Å². The molecule has 0 unspecified atom stereocenters. The van der Waals surface area contributed by atoms with Crippen LogP contribution >= 0.6 is 0 Å². The van der Waals surface area contributed by atoms with E-state index in [2.05, 4.69) is 15.3 Å². The highest BCUT2D eigenvalue weighted by atomic mass is 19.1. The molecule has 3 rings (SSSR count). The molecule has 6 nitrogen and oxygen atoms in total. The van der Waals surface area contributed by atoms with Gasteiger partial charge < -0.3 is 15.3 Å². The summed E-state index contributed by atoms with van der Waals surface area (Å²) in [5.41, 5.74) is 0.381. The fraction of sp³-hybridized carbons (Fsp3) is 0.312. The van der Waals surface area contributed by atoms with Gasteiger partial charge in [0.1, 0.15) is 5.82 Å². The van der Waals surface area contributed by atoms with Crippen molar-refractivity contribution in [3.8, 4) is 0 Å². The molecule has 2 heterocycles. The largest absolute Gasteiger partial charge is 0.478 e. The summed E-state index contributed by atoms with van der Waals surface area (Å²) >= 11 is 0. The standard InChI is InChI=1S/C16H17FN4O2/c17-14-9-12(4-5-13(14)15(22)23)21-8-1-3-11(10-21)20-16-18-6-2-7-19-16/h2,4-7,9,11H,1,3,8,10H2,(H,22,23)(H,18,19,20)/t11-/m0/s1. The molecule has 0 radical (unpaired) electrons. The van der Waals surface area contributed by atoms with Gasteiger partial charge >= 0.3 is 5.97 Å². The lowest BCUT2D eigenvalue weighted by molar-refractivity contribution is 0.0692. The molecule has 2 aromatic rings. The van der Waals surface area contributed by atoms with E-state index in [9.17, 15) is 9.18 Å². The van der Waals surface area contributed by atoms with Crippen LogP contribution in [0.4, 0.5) is 16.0 Å². The molecule has 0 bridgehead atoms. The number of carboxylic acid groups (broad SMARTS) is 1. The zero-order chi connectivity index (χ0) is 16.2. The molecule has 0 saturated carbocycles. The normalized spacial score (nSPS) is 17.8. The first-order chi connectivity index (χ1) is 11.1. The molecule has 1 aromatic heterocycles. The van der Waals surface area contributed by atoms with Gasteiger partial charge in [-0.25, -0.2) is 19.2 Å². The Hall–Kier alpha value is -2.70. The molecule has 0 amide bonds. The zero-order valence-electron chi connectivity index (χ0n) is 12.4. The second kappa shape index (κ2) is 6.60. The molecule has 0 spiro atoms. The maximum Gasteiger partial charge on any atom is 0.338 e. The summed E-state index contributed by atoms with van der Waals surface area (Å²) in [5.74, 6) is -1.39. The Balaban J connectivity index is 1.71. The minimum absolute atomic E-state index is 0.161. The van der Waals surface area contributed by atoms with Crippen molar-refractivity contribution in [2.24, 2.45) is 0 Å². The van der Waals surface area contributed by atoms with Crippen molar-refractivity contribution < 1.29 is 14.3 Å². The molecule has 1 aromatic carbocycles. The third kappa shape index (κ3) is 3.56. The number of benzene rings is 1. The second-order valence-corrected chi connectivity index (χ2v) is 5.47. The minimum atomic E-state index is -1.26. The molecule has 1 aliphatic heterocycles. The number of carboxylic acids is 1. The van der Waals surface area contributed by atoms with E-state index in [1.54, 1.807) is 24.5 Å². The summed E-state index contributed by atoms with van der Waals surface area (Å²) in [4.78, 5) is 21.2. The number of anilines is 2. The summed E-state index contributed by atoms with van der Waals surface area (Å²) in [7, 11) is 0. The lowest BCUT2D eigenvalue weighted by atomic mass is 10.0. The van der Waals surface area contributed by atoms with Gasteiger partial charge in [-0.1, -0.05) is 0 Å². The van der Waals surface area contributed by atoms with Crippen molar-refractivity contribution in [2.75, 3.05) is 23.3 Å². The molecule has 120 valence electrons. The third-order valence-corrected chi connectivity index (χ3v) is 3.87. The van der Waals surface area contributed by atoms with E-state index >= 15 is 0 Å². The number of hydrogen-bond acceptors (Lipinski definition) is 5. The SMILES string of the molecule is O=C(O)c1ccc(N2CCC[C@H](Nc3ncccn3)C2)cc1F. The number of halogens is 1. The molecule has 7 heteroatoms. The molecule has 1 saturated heterocycles. The van der Waals surface area contributed by atoms with Crippen LogP contribution in [0.2, 0.25) is 0 Å². The second-order valence-electron chi connectivity index (χ2n) is 5.47. The number of nitrogens with zero attached hydrogens (tertiary/aromatic N) is 3. The predicted molar refractivity (Wildman–Crippen MR) is 84.2 cm³/mol. The lowest BCUT2D eigenvalue weighted by Gasteiger charge is -2.34.